The van der Waals surface area contributed by atoms with Crippen LogP contribution in [0.15, 0.2) is 138 Å². The lowest BCUT2D eigenvalue weighted by Crippen LogP contribution is -2.30. The van der Waals surface area contributed by atoms with E-state index in [0.717, 1.165) is 38.1 Å². The van der Waals surface area contributed by atoms with Gasteiger partial charge in [0.15, 0.2) is 0 Å². The van der Waals surface area contributed by atoms with Crippen molar-refractivity contribution >= 4 is 28.5 Å². The van der Waals surface area contributed by atoms with Gasteiger partial charge in [-0.15, -0.1) is 0 Å². The number of hydrogen-bond donors (Lipinski definition) is 2. The first-order valence-electron chi connectivity index (χ1n) is 18.2. The number of rotatable bonds is 8. The van der Waals surface area contributed by atoms with Crippen molar-refractivity contribution in [2.24, 2.45) is 0 Å². The summed E-state index contributed by atoms with van der Waals surface area (Å²) in [4.78, 5) is 8.74. The largest absolute Gasteiger partial charge is 0.488 e. The summed E-state index contributed by atoms with van der Waals surface area (Å²) in [6.45, 7) is 17.4. The molecule has 0 spiro atoms. The highest BCUT2D eigenvalue weighted by Crippen LogP contribution is 2.31. The highest BCUT2D eigenvalue weighted by Gasteiger charge is 2.15. The van der Waals surface area contributed by atoms with E-state index in [1.165, 1.54) is 22.3 Å². The number of hydrogen-bond acceptors (Lipinski definition) is 4. The molecule has 0 amide bonds. The molecule has 6 rings (SSSR count). The first-order valence-corrected chi connectivity index (χ1v) is 19.0. The maximum atomic E-state index is 9.19. The zero-order valence-electron chi connectivity index (χ0n) is 31.8. The fourth-order valence-corrected chi connectivity index (χ4v) is 6.00. The summed E-state index contributed by atoms with van der Waals surface area (Å²) in [5.41, 5.74) is 12.6. The molecule has 6 heteroatoms. The predicted molar refractivity (Wildman–Crippen MR) is 225 cm³/mol. The summed E-state index contributed by atoms with van der Waals surface area (Å²) in [5, 5.41) is 18.4. The van der Waals surface area contributed by atoms with Gasteiger partial charge in [-0.2, -0.15) is 0 Å². The molecule has 2 aromatic heterocycles. The first kappa shape index (κ1) is 40.4. The molecule has 2 heterocycles. The van der Waals surface area contributed by atoms with Gasteiger partial charge in [0.25, 0.3) is 0 Å². The van der Waals surface area contributed by atoms with Crippen LogP contribution >= 0.6 is 15.9 Å². The van der Waals surface area contributed by atoms with Crippen molar-refractivity contribution in [2.45, 2.75) is 79.1 Å². The number of pyridine rings is 2. The van der Waals surface area contributed by atoms with Crippen LogP contribution in [0.25, 0.3) is 33.6 Å². The minimum absolute atomic E-state index is 0.404. The van der Waals surface area contributed by atoms with Gasteiger partial charge in [-0.05, 0) is 105 Å². The second-order valence-corrected chi connectivity index (χ2v) is 15.3. The van der Waals surface area contributed by atoms with E-state index in [0.29, 0.717) is 29.1 Å². The van der Waals surface area contributed by atoms with E-state index in [1.54, 1.807) is 6.20 Å². The third-order valence-corrected chi connectivity index (χ3v) is 9.38. The highest BCUT2D eigenvalue weighted by molar-refractivity contribution is 9.10. The minimum Gasteiger partial charge on any atom is -0.423 e. The molecule has 52 heavy (non-hydrogen) atoms. The SMILES string of the molecule is Brc1cccc(-c2ccccn2)c1.CC(C)c1cc(-c2cccc(-c3ccccn3)c2)cc(C(C)C)c1.CC(C)c1cc(B(O)O)cc(C(C)C)c1. The maximum absolute atomic E-state index is 9.19. The van der Waals surface area contributed by atoms with Gasteiger partial charge in [-0.3, -0.25) is 9.97 Å². The molecule has 4 nitrogen and oxygen atoms in total. The lowest BCUT2D eigenvalue weighted by atomic mass is 9.76. The van der Waals surface area contributed by atoms with E-state index in [9.17, 15) is 10.0 Å². The molecule has 0 aliphatic heterocycles. The Kier molecular flexibility index (Phi) is 15.1. The second kappa shape index (κ2) is 19.5. The average molecular weight is 756 g/mol. The van der Waals surface area contributed by atoms with Crippen LogP contribution in [0, 0.1) is 0 Å². The molecule has 0 saturated heterocycles. The molecular formula is C46H52BBrN2O2. The van der Waals surface area contributed by atoms with Crippen LogP contribution in [0.5, 0.6) is 0 Å². The highest BCUT2D eigenvalue weighted by atomic mass is 79.9. The number of nitrogens with zero attached hydrogens (tertiary/aromatic N) is 2. The predicted octanol–water partition coefficient (Wildman–Crippen LogP) is 11.8. The normalized spacial score (nSPS) is 10.9. The lowest BCUT2D eigenvalue weighted by molar-refractivity contribution is 0.425. The van der Waals surface area contributed by atoms with E-state index in [1.807, 2.05) is 66.9 Å². The van der Waals surface area contributed by atoms with Crippen LogP contribution in [-0.4, -0.2) is 27.1 Å². The summed E-state index contributed by atoms with van der Waals surface area (Å²) in [5.74, 6) is 1.87. The van der Waals surface area contributed by atoms with E-state index in [4.69, 9.17) is 0 Å². The van der Waals surface area contributed by atoms with Gasteiger partial charge in [0.2, 0.25) is 0 Å². The molecule has 268 valence electrons. The Bertz CT molecular complexity index is 1900. The second-order valence-electron chi connectivity index (χ2n) is 14.3. The fraction of sp³-hybridized carbons (Fsp3) is 0.261. The van der Waals surface area contributed by atoms with Crippen molar-refractivity contribution in [3.63, 3.8) is 0 Å². The summed E-state index contributed by atoms with van der Waals surface area (Å²) >= 11 is 3.43. The van der Waals surface area contributed by atoms with Crippen LogP contribution in [0.1, 0.15) is 101 Å². The van der Waals surface area contributed by atoms with Crippen LogP contribution in [0.3, 0.4) is 0 Å². The third-order valence-electron chi connectivity index (χ3n) is 8.88. The number of benzene rings is 4. The molecule has 4 aromatic carbocycles. The topological polar surface area (TPSA) is 66.2 Å². The Morgan fingerprint density at radius 3 is 1.27 bits per heavy atom. The first-order chi connectivity index (χ1) is 24.8. The molecule has 2 N–H and O–H groups in total. The molecule has 0 unspecified atom stereocenters. The summed E-state index contributed by atoms with van der Waals surface area (Å²) in [6.07, 6.45) is 3.65. The fourth-order valence-electron chi connectivity index (χ4n) is 5.60. The molecular weight excluding hydrogens is 703 g/mol. The van der Waals surface area contributed by atoms with Crippen LogP contribution in [0.4, 0.5) is 0 Å². The third kappa shape index (κ3) is 11.8. The van der Waals surface area contributed by atoms with Crippen molar-refractivity contribution in [2.75, 3.05) is 0 Å². The van der Waals surface area contributed by atoms with Crippen molar-refractivity contribution in [3.05, 3.63) is 160 Å². The van der Waals surface area contributed by atoms with E-state index >= 15 is 0 Å². The van der Waals surface area contributed by atoms with Crippen LogP contribution in [0.2, 0.25) is 0 Å². The van der Waals surface area contributed by atoms with Crippen molar-refractivity contribution < 1.29 is 10.0 Å². The number of aromatic nitrogens is 2. The summed E-state index contributed by atoms with van der Waals surface area (Å²) < 4.78 is 1.08. The van der Waals surface area contributed by atoms with Gasteiger partial charge < -0.3 is 10.0 Å². The Balaban J connectivity index is 0.000000186. The molecule has 0 bridgehead atoms. The van der Waals surface area contributed by atoms with Gasteiger partial charge >= 0.3 is 7.12 Å². The molecule has 0 aliphatic rings. The molecule has 0 atom stereocenters. The standard InChI is InChI=1S/C23H25N.C12H19BO2.C11H8BrN/c1-16(2)20-13-21(17(3)4)15-22(14-20)18-8-7-9-19(12-18)23-10-5-6-11-24-23;1-8(2)10-5-11(9(3)4)7-12(6-10)13(14)15;12-10-5-3-4-9(8-10)11-6-1-2-7-13-11/h5-17H,1-4H3;5-9,14-15H,1-4H3;1-8H. The average Bonchev–Trinajstić information content (AvgIpc) is 3.15. The molecule has 0 fully saturated rings. The number of halogens is 1. The Morgan fingerprint density at radius 2 is 0.865 bits per heavy atom. The lowest BCUT2D eigenvalue weighted by Gasteiger charge is -2.15. The minimum atomic E-state index is -1.37. The van der Waals surface area contributed by atoms with Gasteiger partial charge in [-0.25, -0.2) is 0 Å². The van der Waals surface area contributed by atoms with Gasteiger partial charge in [0.1, 0.15) is 0 Å². The zero-order valence-corrected chi connectivity index (χ0v) is 33.3. The van der Waals surface area contributed by atoms with Gasteiger partial charge in [0.05, 0.1) is 11.4 Å². The smallest absolute Gasteiger partial charge is 0.423 e. The van der Waals surface area contributed by atoms with E-state index in [-0.39, 0.29) is 0 Å². The van der Waals surface area contributed by atoms with E-state index < -0.39 is 7.12 Å². The van der Waals surface area contributed by atoms with Crippen molar-refractivity contribution in [1.82, 2.24) is 9.97 Å². The summed E-state index contributed by atoms with van der Waals surface area (Å²) in [6, 6.07) is 41.6. The van der Waals surface area contributed by atoms with Crippen LogP contribution < -0.4 is 5.46 Å². The van der Waals surface area contributed by atoms with Crippen molar-refractivity contribution in [1.29, 1.82) is 0 Å². The molecule has 6 aromatic rings. The van der Waals surface area contributed by atoms with E-state index in [2.05, 4.69) is 142 Å². The molecule has 0 aliphatic carbocycles. The Hall–Kier alpha value is -4.36. The Labute approximate surface area is 320 Å². The van der Waals surface area contributed by atoms with Gasteiger partial charge in [-0.1, -0.05) is 150 Å². The maximum Gasteiger partial charge on any atom is 0.488 e. The quantitative estimate of drug-likeness (QED) is 0.152. The summed E-state index contributed by atoms with van der Waals surface area (Å²) in [7, 11) is -1.37. The Morgan fingerprint density at radius 1 is 0.442 bits per heavy atom. The van der Waals surface area contributed by atoms with Gasteiger partial charge in [0, 0.05) is 28.0 Å². The molecule has 0 saturated carbocycles. The molecule has 0 radical (unpaired) electrons. The zero-order chi connectivity index (χ0) is 37.8. The van der Waals surface area contributed by atoms with Crippen molar-refractivity contribution in [3.8, 4) is 33.6 Å². The van der Waals surface area contributed by atoms with Crippen LogP contribution in [-0.2, 0) is 0 Å². The monoisotopic (exact) mass is 754 g/mol.